The van der Waals surface area contributed by atoms with Gasteiger partial charge in [0.05, 0.1) is 5.37 Å². The lowest BCUT2D eigenvalue weighted by Crippen LogP contribution is -2.55. The second kappa shape index (κ2) is 14.9. The van der Waals surface area contributed by atoms with Gasteiger partial charge in [-0.25, -0.2) is 19.8 Å². The minimum atomic E-state index is -0.943. The van der Waals surface area contributed by atoms with Gasteiger partial charge in [0.2, 0.25) is 0 Å². The topological polar surface area (TPSA) is 117 Å². The minimum absolute atomic E-state index is 0.0588. The Bertz CT molecular complexity index is 1410. The molecule has 4 amide bonds. The van der Waals surface area contributed by atoms with Gasteiger partial charge in [-0.15, -0.1) is 11.8 Å². The molecule has 2 atom stereocenters. The quantitative estimate of drug-likeness (QED) is 0.238. The van der Waals surface area contributed by atoms with Gasteiger partial charge in [0.25, 0.3) is 5.91 Å². The lowest BCUT2D eigenvalue weighted by Gasteiger charge is -2.25. The molecule has 0 spiro atoms. The van der Waals surface area contributed by atoms with Crippen molar-refractivity contribution < 1.29 is 23.9 Å². The molecule has 3 aromatic carbocycles. The fourth-order valence-electron chi connectivity index (χ4n) is 4.51. The average molecular weight is 587 g/mol. The van der Waals surface area contributed by atoms with Crippen LogP contribution in [-0.4, -0.2) is 46.0 Å². The van der Waals surface area contributed by atoms with E-state index in [-0.39, 0.29) is 23.6 Å². The van der Waals surface area contributed by atoms with E-state index < -0.39 is 24.1 Å². The third-order valence-corrected chi connectivity index (χ3v) is 7.82. The molecule has 0 saturated carbocycles. The number of thioether (sulfide) groups is 1. The molecule has 42 heavy (non-hydrogen) atoms. The molecule has 1 aliphatic heterocycles. The van der Waals surface area contributed by atoms with Gasteiger partial charge in [-0.05, 0) is 34.6 Å². The van der Waals surface area contributed by atoms with Gasteiger partial charge in [-0.3, -0.25) is 15.1 Å². The first-order valence-corrected chi connectivity index (χ1v) is 14.7. The molecule has 1 saturated heterocycles. The molecule has 218 valence electrons. The van der Waals surface area contributed by atoms with Crippen molar-refractivity contribution in [1.29, 1.82) is 0 Å². The zero-order valence-electron chi connectivity index (χ0n) is 23.5. The number of rotatable bonds is 9. The van der Waals surface area contributed by atoms with Crippen LogP contribution in [0.3, 0.4) is 0 Å². The highest BCUT2D eigenvalue weighted by Crippen LogP contribution is 2.33. The number of hydrogen-bond donors (Lipinski definition) is 3. The summed E-state index contributed by atoms with van der Waals surface area (Å²) in [5, 5.41) is 2.22. The number of alkyl carbamates (subject to hydrolysis) is 1. The Morgan fingerprint density at radius 3 is 2.19 bits per heavy atom. The van der Waals surface area contributed by atoms with E-state index in [9.17, 15) is 19.2 Å². The Balaban J connectivity index is 1.34. The third-order valence-electron chi connectivity index (χ3n) is 6.62. The number of hydrazine groups is 1. The summed E-state index contributed by atoms with van der Waals surface area (Å²) in [7, 11) is 0. The first-order chi connectivity index (χ1) is 20.3. The predicted molar refractivity (Wildman–Crippen MR) is 163 cm³/mol. The van der Waals surface area contributed by atoms with Gasteiger partial charge in [-0.2, -0.15) is 0 Å². The van der Waals surface area contributed by atoms with E-state index in [2.05, 4.69) is 16.2 Å². The van der Waals surface area contributed by atoms with E-state index in [1.807, 2.05) is 105 Å². The highest BCUT2D eigenvalue weighted by atomic mass is 32.2. The Morgan fingerprint density at radius 1 is 0.905 bits per heavy atom. The SMILES string of the molecule is CC(C)C[C@H](NC(=O)OCc1ccccc1)C(=O)NNC(=O)N1C(=C=O)CSC1Cc1ccc(-c2ccccc2)cc1. The van der Waals surface area contributed by atoms with E-state index in [1.54, 1.807) is 0 Å². The van der Waals surface area contributed by atoms with Crippen LogP contribution in [0.5, 0.6) is 0 Å². The monoisotopic (exact) mass is 586 g/mol. The van der Waals surface area contributed by atoms with Crippen molar-refractivity contribution in [2.75, 3.05) is 5.75 Å². The maximum atomic E-state index is 13.2. The summed E-state index contributed by atoms with van der Waals surface area (Å²) in [6, 6.07) is 25.7. The number of benzene rings is 3. The average Bonchev–Trinajstić information content (AvgIpc) is 3.42. The summed E-state index contributed by atoms with van der Waals surface area (Å²) in [6.45, 7) is 3.88. The maximum Gasteiger partial charge on any atom is 0.408 e. The van der Waals surface area contributed by atoms with Crippen molar-refractivity contribution in [1.82, 2.24) is 21.1 Å². The Labute approximate surface area is 249 Å². The zero-order valence-corrected chi connectivity index (χ0v) is 24.4. The standard InChI is InChI=1S/C32H34N4O5S/c1-22(2)17-28(33-32(40)41-20-24-9-5-3-6-10-24)30(38)34-35-31(39)36-27(19-37)21-42-29(36)18-23-13-15-26(16-14-23)25-11-7-4-8-12-25/h3-16,22,28-29H,17-18,20-21H2,1-2H3,(H,33,40)(H,34,38)(H,35,39)/t28-,29?/m0/s1. The first-order valence-electron chi connectivity index (χ1n) is 13.7. The van der Waals surface area contributed by atoms with E-state index >= 15 is 0 Å². The van der Waals surface area contributed by atoms with E-state index in [1.165, 1.54) is 16.7 Å². The molecular weight excluding hydrogens is 552 g/mol. The molecule has 0 aliphatic carbocycles. The number of ether oxygens (including phenoxy) is 1. The van der Waals surface area contributed by atoms with Gasteiger partial charge in [0.1, 0.15) is 24.3 Å². The molecule has 0 radical (unpaired) electrons. The first kappa shape index (κ1) is 30.4. The van der Waals surface area contributed by atoms with E-state index in [4.69, 9.17) is 4.74 Å². The number of hydrogen-bond acceptors (Lipinski definition) is 6. The Hall–Kier alpha value is -4.53. The molecule has 1 heterocycles. The van der Waals surface area contributed by atoms with Crippen molar-refractivity contribution in [3.63, 3.8) is 0 Å². The number of carbonyl (C=O) groups is 3. The maximum absolute atomic E-state index is 13.2. The van der Waals surface area contributed by atoms with Gasteiger partial charge < -0.3 is 10.1 Å². The number of nitrogens with zero attached hydrogens (tertiary/aromatic N) is 1. The van der Waals surface area contributed by atoms with Crippen LogP contribution in [0.15, 0.2) is 90.6 Å². The van der Waals surface area contributed by atoms with Crippen molar-refractivity contribution in [2.24, 2.45) is 5.92 Å². The molecule has 1 unspecified atom stereocenters. The molecule has 0 bridgehead atoms. The van der Waals surface area contributed by atoms with Crippen molar-refractivity contribution >= 4 is 35.7 Å². The second-order valence-electron chi connectivity index (χ2n) is 10.3. The molecule has 3 aromatic rings. The summed E-state index contributed by atoms with van der Waals surface area (Å²) < 4.78 is 5.25. The summed E-state index contributed by atoms with van der Waals surface area (Å²) in [4.78, 5) is 51.5. The zero-order chi connectivity index (χ0) is 29.9. The molecule has 10 heteroatoms. The molecule has 1 fully saturated rings. The predicted octanol–water partition coefficient (Wildman–Crippen LogP) is 5.07. The third kappa shape index (κ3) is 8.49. The second-order valence-corrected chi connectivity index (χ2v) is 11.4. The van der Waals surface area contributed by atoms with Crippen LogP contribution in [-0.2, 0) is 27.4 Å². The number of carbonyl (C=O) groups excluding carboxylic acids is 4. The van der Waals surface area contributed by atoms with Gasteiger partial charge in [0, 0.05) is 12.2 Å². The van der Waals surface area contributed by atoms with Gasteiger partial charge >= 0.3 is 12.1 Å². The molecule has 1 aliphatic rings. The Kier molecular flexibility index (Phi) is 10.8. The molecule has 9 nitrogen and oxygen atoms in total. The van der Waals surface area contributed by atoms with Crippen LogP contribution in [0.25, 0.3) is 11.1 Å². The summed E-state index contributed by atoms with van der Waals surface area (Å²) >= 11 is 1.45. The van der Waals surface area contributed by atoms with E-state index in [0.717, 1.165) is 22.3 Å². The van der Waals surface area contributed by atoms with Crippen LogP contribution >= 0.6 is 11.8 Å². The smallest absolute Gasteiger partial charge is 0.408 e. The summed E-state index contributed by atoms with van der Waals surface area (Å²) in [6.07, 6.45) is 0.0753. The van der Waals surface area contributed by atoms with Crippen LogP contribution in [0.4, 0.5) is 9.59 Å². The number of amides is 4. The highest BCUT2D eigenvalue weighted by Gasteiger charge is 2.35. The Morgan fingerprint density at radius 2 is 1.55 bits per heavy atom. The fraction of sp³-hybridized carbons (Fsp3) is 0.281. The lowest BCUT2D eigenvalue weighted by atomic mass is 10.0. The number of urea groups is 1. The van der Waals surface area contributed by atoms with Crippen molar-refractivity contribution in [3.8, 4) is 11.1 Å². The molecular formula is C32H34N4O5S. The highest BCUT2D eigenvalue weighted by molar-refractivity contribution is 8.00. The molecule has 0 aromatic heterocycles. The number of nitrogens with one attached hydrogen (secondary N) is 3. The van der Waals surface area contributed by atoms with Crippen LogP contribution in [0.1, 0.15) is 31.4 Å². The normalized spacial score (nSPS) is 15.1. The van der Waals surface area contributed by atoms with Crippen LogP contribution < -0.4 is 16.2 Å². The summed E-state index contributed by atoms with van der Waals surface area (Å²) in [5.41, 5.74) is 8.99. The van der Waals surface area contributed by atoms with Crippen LogP contribution in [0.2, 0.25) is 0 Å². The lowest BCUT2D eigenvalue weighted by molar-refractivity contribution is -0.124. The minimum Gasteiger partial charge on any atom is -0.445 e. The van der Waals surface area contributed by atoms with Gasteiger partial charge in [-0.1, -0.05) is 98.8 Å². The van der Waals surface area contributed by atoms with Crippen LogP contribution in [0, 0.1) is 5.92 Å². The molecule has 3 N–H and O–H groups in total. The van der Waals surface area contributed by atoms with E-state index in [0.29, 0.717) is 18.6 Å². The largest absolute Gasteiger partial charge is 0.445 e. The van der Waals surface area contributed by atoms with Crippen molar-refractivity contribution in [3.05, 3.63) is 102 Å². The summed E-state index contributed by atoms with van der Waals surface area (Å²) in [5.74, 6) is 1.64. The van der Waals surface area contributed by atoms with Crippen molar-refractivity contribution in [2.45, 2.75) is 44.7 Å². The molecule has 4 rings (SSSR count). The van der Waals surface area contributed by atoms with Gasteiger partial charge in [0.15, 0.2) is 0 Å². The fourth-order valence-corrected chi connectivity index (χ4v) is 5.74.